The van der Waals surface area contributed by atoms with Crippen molar-refractivity contribution in [3.63, 3.8) is 0 Å². The lowest BCUT2D eigenvalue weighted by Gasteiger charge is -2.30. The standard InChI is InChI=1S/C13H20N2/c1-11-4-3-7-15(9-11)10-12-5-2-6-13(14)8-12/h2,5-6,8,11H,3-4,7,9-10,14H2,1H3. The average molecular weight is 204 g/mol. The zero-order valence-corrected chi connectivity index (χ0v) is 9.45. The maximum atomic E-state index is 5.77. The Kier molecular flexibility index (Phi) is 3.27. The van der Waals surface area contributed by atoms with Crippen molar-refractivity contribution in [2.24, 2.45) is 5.92 Å². The molecule has 2 nitrogen and oxygen atoms in total. The minimum Gasteiger partial charge on any atom is -0.399 e. The molecule has 2 rings (SSSR count). The van der Waals surface area contributed by atoms with Gasteiger partial charge in [-0.2, -0.15) is 0 Å². The van der Waals surface area contributed by atoms with Gasteiger partial charge in [-0.3, -0.25) is 4.90 Å². The average Bonchev–Trinajstić information content (AvgIpc) is 2.17. The number of likely N-dealkylation sites (tertiary alicyclic amines) is 1. The van der Waals surface area contributed by atoms with Crippen molar-refractivity contribution < 1.29 is 0 Å². The van der Waals surface area contributed by atoms with Gasteiger partial charge in [0.1, 0.15) is 0 Å². The van der Waals surface area contributed by atoms with E-state index in [2.05, 4.69) is 24.0 Å². The first kappa shape index (κ1) is 10.5. The van der Waals surface area contributed by atoms with Crippen LogP contribution in [-0.2, 0) is 6.54 Å². The van der Waals surface area contributed by atoms with E-state index in [1.165, 1.54) is 31.5 Å². The number of piperidine rings is 1. The van der Waals surface area contributed by atoms with Gasteiger partial charge in [0, 0.05) is 18.8 Å². The molecule has 0 spiro atoms. The van der Waals surface area contributed by atoms with Crippen LogP contribution in [0.3, 0.4) is 0 Å². The van der Waals surface area contributed by atoms with E-state index in [0.29, 0.717) is 0 Å². The summed E-state index contributed by atoms with van der Waals surface area (Å²) in [5.41, 5.74) is 7.98. The van der Waals surface area contributed by atoms with Crippen molar-refractivity contribution in [2.75, 3.05) is 18.8 Å². The Balaban J connectivity index is 1.96. The minimum absolute atomic E-state index is 0.847. The zero-order chi connectivity index (χ0) is 10.7. The maximum Gasteiger partial charge on any atom is 0.0317 e. The Bertz CT molecular complexity index is 322. The van der Waals surface area contributed by atoms with Crippen molar-refractivity contribution in [1.82, 2.24) is 4.90 Å². The lowest BCUT2D eigenvalue weighted by molar-refractivity contribution is 0.176. The van der Waals surface area contributed by atoms with Crippen molar-refractivity contribution in [3.05, 3.63) is 29.8 Å². The molecular formula is C13H20N2. The first-order valence-electron chi connectivity index (χ1n) is 5.81. The quantitative estimate of drug-likeness (QED) is 0.750. The molecule has 1 fully saturated rings. The highest BCUT2D eigenvalue weighted by atomic mass is 15.1. The molecule has 0 bridgehead atoms. The monoisotopic (exact) mass is 204 g/mol. The number of benzene rings is 1. The lowest BCUT2D eigenvalue weighted by atomic mass is 10.00. The number of hydrogen-bond acceptors (Lipinski definition) is 2. The molecule has 0 radical (unpaired) electrons. The van der Waals surface area contributed by atoms with Crippen LogP contribution < -0.4 is 5.73 Å². The van der Waals surface area contributed by atoms with E-state index in [4.69, 9.17) is 5.73 Å². The summed E-state index contributed by atoms with van der Waals surface area (Å²) in [6.45, 7) is 5.86. The van der Waals surface area contributed by atoms with Crippen LogP contribution in [0.15, 0.2) is 24.3 Å². The molecule has 1 aromatic carbocycles. The Hall–Kier alpha value is -1.02. The highest BCUT2D eigenvalue weighted by molar-refractivity contribution is 5.40. The molecule has 1 aliphatic heterocycles. The predicted molar refractivity (Wildman–Crippen MR) is 64.5 cm³/mol. The van der Waals surface area contributed by atoms with Gasteiger partial charge in [-0.15, -0.1) is 0 Å². The van der Waals surface area contributed by atoms with E-state index >= 15 is 0 Å². The summed E-state index contributed by atoms with van der Waals surface area (Å²) in [6, 6.07) is 8.23. The van der Waals surface area contributed by atoms with Gasteiger partial charge in [-0.05, 0) is 43.0 Å². The van der Waals surface area contributed by atoms with Crippen LogP contribution in [0.4, 0.5) is 5.69 Å². The fourth-order valence-electron chi connectivity index (χ4n) is 2.38. The van der Waals surface area contributed by atoms with Gasteiger partial charge in [0.05, 0.1) is 0 Å². The Morgan fingerprint density at radius 2 is 2.33 bits per heavy atom. The molecule has 1 saturated heterocycles. The molecule has 0 aromatic heterocycles. The van der Waals surface area contributed by atoms with E-state index in [9.17, 15) is 0 Å². The van der Waals surface area contributed by atoms with Crippen molar-refractivity contribution >= 4 is 5.69 Å². The molecule has 1 heterocycles. The summed E-state index contributed by atoms with van der Waals surface area (Å²) >= 11 is 0. The number of nitrogen functional groups attached to an aromatic ring is 1. The van der Waals surface area contributed by atoms with E-state index in [1.807, 2.05) is 12.1 Å². The van der Waals surface area contributed by atoms with Crippen molar-refractivity contribution in [3.8, 4) is 0 Å². The topological polar surface area (TPSA) is 29.3 Å². The summed E-state index contributed by atoms with van der Waals surface area (Å²) in [7, 11) is 0. The van der Waals surface area contributed by atoms with E-state index < -0.39 is 0 Å². The molecule has 1 aliphatic rings. The third-order valence-electron chi connectivity index (χ3n) is 3.10. The maximum absolute atomic E-state index is 5.77. The fourth-order valence-corrected chi connectivity index (χ4v) is 2.38. The summed E-state index contributed by atoms with van der Waals surface area (Å²) in [6.07, 6.45) is 2.72. The van der Waals surface area contributed by atoms with Gasteiger partial charge in [-0.25, -0.2) is 0 Å². The minimum atomic E-state index is 0.847. The van der Waals surface area contributed by atoms with Crippen LogP contribution >= 0.6 is 0 Å². The fraction of sp³-hybridized carbons (Fsp3) is 0.538. The first-order chi connectivity index (χ1) is 7.24. The summed E-state index contributed by atoms with van der Waals surface area (Å²) in [5.74, 6) is 0.847. The van der Waals surface area contributed by atoms with Crippen LogP contribution in [0.1, 0.15) is 25.3 Å². The molecule has 1 aromatic rings. The van der Waals surface area contributed by atoms with Crippen LogP contribution in [0, 0.1) is 5.92 Å². The highest BCUT2D eigenvalue weighted by Crippen LogP contribution is 2.18. The number of anilines is 1. The normalized spacial score (nSPS) is 22.9. The number of hydrogen-bond donors (Lipinski definition) is 1. The molecule has 0 amide bonds. The zero-order valence-electron chi connectivity index (χ0n) is 9.45. The summed E-state index contributed by atoms with van der Waals surface area (Å²) in [5, 5.41) is 0. The summed E-state index contributed by atoms with van der Waals surface area (Å²) < 4.78 is 0. The Morgan fingerprint density at radius 3 is 3.07 bits per heavy atom. The molecule has 2 heteroatoms. The van der Waals surface area contributed by atoms with Crippen molar-refractivity contribution in [1.29, 1.82) is 0 Å². The van der Waals surface area contributed by atoms with Gasteiger partial charge in [-0.1, -0.05) is 19.1 Å². The molecule has 0 saturated carbocycles. The summed E-state index contributed by atoms with van der Waals surface area (Å²) in [4.78, 5) is 2.53. The molecule has 15 heavy (non-hydrogen) atoms. The lowest BCUT2D eigenvalue weighted by Crippen LogP contribution is -2.33. The number of rotatable bonds is 2. The third kappa shape index (κ3) is 2.96. The first-order valence-corrected chi connectivity index (χ1v) is 5.81. The molecule has 1 atom stereocenters. The van der Waals surface area contributed by atoms with Crippen LogP contribution in [0.25, 0.3) is 0 Å². The second-order valence-corrected chi connectivity index (χ2v) is 4.73. The van der Waals surface area contributed by atoms with E-state index in [0.717, 1.165) is 18.2 Å². The smallest absolute Gasteiger partial charge is 0.0317 e. The van der Waals surface area contributed by atoms with Crippen molar-refractivity contribution in [2.45, 2.75) is 26.3 Å². The Morgan fingerprint density at radius 1 is 1.47 bits per heavy atom. The second-order valence-electron chi connectivity index (χ2n) is 4.73. The molecule has 1 unspecified atom stereocenters. The van der Waals surface area contributed by atoms with E-state index in [-0.39, 0.29) is 0 Å². The highest BCUT2D eigenvalue weighted by Gasteiger charge is 2.15. The van der Waals surface area contributed by atoms with Crippen LogP contribution in [-0.4, -0.2) is 18.0 Å². The van der Waals surface area contributed by atoms with Crippen LogP contribution in [0.5, 0.6) is 0 Å². The molecule has 2 N–H and O–H groups in total. The second kappa shape index (κ2) is 4.67. The predicted octanol–water partition coefficient (Wildman–Crippen LogP) is 2.50. The van der Waals surface area contributed by atoms with Gasteiger partial charge >= 0.3 is 0 Å². The Labute approximate surface area is 92.1 Å². The SMILES string of the molecule is CC1CCCN(Cc2cccc(N)c2)C1. The van der Waals surface area contributed by atoms with Gasteiger partial charge in [0.2, 0.25) is 0 Å². The molecule has 0 aliphatic carbocycles. The van der Waals surface area contributed by atoms with Gasteiger partial charge < -0.3 is 5.73 Å². The van der Waals surface area contributed by atoms with Crippen LogP contribution in [0.2, 0.25) is 0 Å². The van der Waals surface area contributed by atoms with Gasteiger partial charge in [0.25, 0.3) is 0 Å². The molecular weight excluding hydrogens is 184 g/mol. The van der Waals surface area contributed by atoms with E-state index in [1.54, 1.807) is 0 Å². The molecule has 82 valence electrons. The third-order valence-corrected chi connectivity index (χ3v) is 3.10. The largest absolute Gasteiger partial charge is 0.399 e. The number of nitrogens with two attached hydrogens (primary N) is 1. The van der Waals surface area contributed by atoms with Gasteiger partial charge in [0.15, 0.2) is 0 Å². The number of nitrogens with zero attached hydrogens (tertiary/aromatic N) is 1.